The van der Waals surface area contributed by atoms with Gasteiger partial charge in [0.25, 0.3) is 0 Å². The molecule has 3 heteroatoms. The fourth-order valence-corrected chi connectivity index (χ4v) is 2.44. The summed E-state index contributed by atoms with van der Waals surface area (Å²) in [5.74, 6) is 0. The molecule has 0 fully saturated rings. The third-order valence-electron chi connectivity index (χ3n) is 3.64. The molecule has 0 radical (unpaired) electrons. The van der Waals surface area contributed by atoms with E-state index < -0.39 is 0 Å². The van der Waals surface area contributed by atoms with Crippen LogP contribution in [-0.4, -0.2) is 36.1 Å². The van der Waals surface area contributed by atoms with Crippen molar-refractivity contribution in [3.63, 3.8) is 0 Å². The van der Waals surface area contributed by atoms with Gasteiger partial charge in [0.15, 0.2) is 0 Å². The second-order valence-electron chi connectivity index (χ2n) is 5.53. The van der Waals surface area contributed by atoms with Crippen LogP contribution in [0.4, 0.5) is 0 Å². The van der Waals surface area contributed by atoms with E-state index in [0.717, 1.165) is 25.9 Å². The third kappa shape index (κ3) is 4.08. The van der Waals surface area contributed by atoms with Crippen LogP contribution >= 0.6 is 0 Å². The van der Waals surface area contributed by atoms with Gasteiger partial charge in [0.2, 0.25) is 0 Å². The minimum atomic E-state index is 0.321. The molecule has 3 N–H and O–H groups in total. The number of likely N-dealkylation sites (N-methyl/N-ethyl adjacent to an activating group) is 1. The highest BCUT2D eigenvalue weighted by Gasteiger charge is 2.05. The van der Waals surface area contributed by atoms with Gasteiger partial charge in [-0.1, -0.05) is 18.2 Å². The molecule has 1 aromatic carbocycles. The SMILES string of the molecule is CC(N)CCCN(C)CCc1c[nH]c2ccccc12. The first-order valence-electron chi connectivity index (χ1n) is 7.16. The number of nitrogens with one attached hydrogen (secondary N) is 1. The second kappa shape index (κ2) is 6.73. The number of fused-ring (bicyclic) bond motifs is 1. The Hall–Kier alpha value is -1.32. The minimum Gasteiger partial charge on any atom is -0.361 e. The number of H-pyrrole nitrogens is 1. The van der Waals surface area contributed by atoms with E-state index in [9.17, 15) is 0 Å². The van der Waals surface area contributed by atoms with Crippen molar-refractivity contribution in [1.29, 1.82) is 0 Å². The van der Waals surface area contributed by atoms with Gasteiger partial charge in [-0.15, -0.1) is 0 Å². The van der Waals surface area contributed by atoms with E-state index in [1.54, 1.807) is 0 Å². The molecule has 3 nitrogen and oxygen atoms in total. The number of nitrogens with zero attached hydrogens (tertiary/aromatic N) is 1. The van der Waals surface area contributed by atoms with Crippen LogP contribution in [0.5, 0.6) is 0 Å². The number of para-hydroxylation sites is 1. The van der Waals surface area contributed by atoms with Crippen LogP contribution in [0, 0.1) is 0 Å². The lowest BCUT2D eigenvalue weighted by Crippen LogP contribution is -2.24. The highest BCUT2D eigenvalue weighted by atomic mass is 15.1. The van der Waals surface area contributed by atoms with Crippen molar-refractivity contribution < 1.29 is 0 Å². The fourth-order valence-electron chi connectivity index (χ4n) is 2.44. The molecule has 1 unspecified atom stereocenters. The molecule has 0 spiro atoms. The lowest BCUT2D eigenvalue weighted by atomic mass is 10.1. The standard InChI is InChI=1S/C16H25N3/c1-13(17)6-5-10-19(2)11-9-14-12-18-16-8-4-3-7-15(14)16/h3-4,7-8,12-13,18H,5-6,9-11,17H2,1-2H3. The van der Waals surface area contributed by atoms with Crippen LogP contribution in [0.2, 0.25) is 0 Å². The Morgan fingerprint density at radius 3 is 2.84 bits per heavy atom. The van der Waals surface area contributed by atoms with Crippen LogP contribution in [0.3, 0.4) is 0 Å². The van der Waals surface area contributed by atoms with Crippen LogP contribution < -0.4 is 5.73 Å². The number of benzene rings is 1. The summed E-state index contributed by atoms with van der Waals surface area (Å²) in [6.07, 6.45) is 5.53. The maximum Gasteiger partial charge on any atom is 0.0456 e. The molecule has 0 saturated carbocycles. The molecule has 1 heterocycles. The second-order valence-corrected chi connectivity index (χ2v) is 5.53. The zero-order valence-electron chi connectivity index (χ0n) is 12.0. The molecule has 19 heavy (non-hydrogen) atoms. The van der Waals surface area contributed by atoms with Crippen molar-refractivity contribution in [3.05, 3.63) is 36.0 Å². The van der Waals surface area contributed by atoms with Gasteiger partial charge in [-0.3, -0.25) is 0 Å². The molecule has 104 valence electrons. The van der Waals surface area contributed by atoms with E-state index in [-0.39, 0.29) is 0 Å². The lowest BCUT2D eigenvalue weighted by molar-refractivity contribution is 0.326. The molecule has 0 bridgehead atoms. The average Bonchev–Trinajstić information content (AvgIpc) is 2.79. The molecule has 2 aromatic rings. The monoisotopic (exact) mass is 259 g/mol. The summed E-state index contributed by atoms with van der Waals surface area (Å²) in [4.78, 5) is 5.73. The Labute approximate surface area is 115 Å². The van der Waals surface area contributed by atoms with Gasteiger partial charge < -0.3 is 15.6 Å². The number of rotatable bonds is 7. The summed E-state index contributed by atoms with van der Waals surface area (Å²) in [6, 6.07) is 8.82. The predicted molar refractivity (Wildman–Crippen MR) is 82.4 cm³/mol. The van der Waals surface area contributed by atoms with Crippen LogP contribution in [0.1, 0.15) is 25.3 Å². The summed E-state index contributed by atoms with van der Waals surface area (Å²) in [5, 5.41) is 1.35. The summed E-state index contributed by atoms with van der Waals surface area (Å²) in [6.45, 7) is 4.30. The van der Waals surface area contributed by atoms with Crippen molar-refractivity contribution in [3.8, 4) is 0 Å². The Kier molecular flexibility index (Phi) is 5.00. The number of aromatic amines is 1. The van der Waals surface area contributed by atoms with Crippen molar-refractivity contribution in [2.75, 3.05) is 20.1 Å². The molecule has 0 saturated heterocycles. The Morgan fingerprint density at radius 2 is 2.05 bits per heavy atom. The highest BCUT2D eigenvalue weighted by Crippen LogP contribution is 2.18. The topological polar surface area (TPSA) is 45.0 Å². The van der Waals surface area contributed by atoms with Crippen LogP contribution in [-0.2, 0) is 6.42 Å². The van der Waals surface area contributed by atoms with Gasteiger partial charge in [0.1, 0.15) is 0 Å². The first-order chi connectivity index (χ1) is 9.16. The molecule has 0 aliphatic rings. The third-order valence-corrected chi connectivity index (χ3v) is 3.64. The van der Waals surface area contributed by atoms with Gasteiger partial charge in [-0.05, 0) is 51.4 Å². The first-order valence-corrected chi connectivity index (χ1v) is 7.16. The molecule has 1 atom stereocenters. The maximum atomic E-state index is 5.77. The van der Waals surface area contributed by atoms with Crippen molar-refractivity contribution in [1.82, 2.24) is 9.88 Å². The first kappa shape index (κ1) is 14.1. The summed E-state index contributed by atoms with van der Waals surface area (Å²) in [5.41, 5.74) is 8.41. The molecule has 0 aliphatic carbocycles. The van der Waals surface area contributed by atoms with E-state index in [2.05, 4.69) is 54.3 Å². The molecule has 2 rings (SSSR count). The van der Waals surface area contributed by atoms with Crippen molar-refractivity contribution in [2.45, 2.75) is 32.2 Å². The van der Waals surface area contributed by atoms with E-state index in [1.165, 1.54) is 22.9 Å². The van der Waals surface area contributed by atoms with Gasteiger partial charge >= 0.3 is 0 Å². The van der Waals surface area contributed by atoms with Crippen molar-refractivity contribution >= 4 is 10.9 Å². The van der Waals surface area contributed by atoms with Gasteiger partial charge in [0, 0.05) is 29.7 Å². The minimum absolute atomic E-state index is 0.321. The molecular formula is C16H25N3. The van der Waals surface area contributed by atoms with E-state index >= 15 is 0 Å². The molecule has 0 amide bonds. The van der Waals surface area contributed by atoms with Gasteiger partial charge in [0.05, 0.1) is 0 Å². The zero-order chi connectivity index (χ0) is 13.7. The van der Waals surface area contributed by atoms with Gasteiger partial charge in [-0.2, -0.15) is 0 Å². The number of hydrogen-bond donors (Lipinski definition) is 2. The largest absolute Gasteiger partial charge is 0.361 e. The smallest absolute Gasteiger partial charge is 0.0456 e. The van der Waals surface area contributed by atoms with Crippen LogP contribution in [0.15, 0.2) is 30.5 Å². The zero-order valence-corrected chi connectivity index (χ0v) is 12.0. The predicted octanol–water partition coefficient (Wildman–Crippen LogP) is 2.77. The van der Waals surface area contributed by atoms with E-state index in [1.807, 2.05) is 0 Å². The number of nitrogens with two attached hydrogens (primary N) is 1. The maximum absolute atomic E-state index is 5.77. The fraction of sp³-hybridized carbons (Fsp3) is 0.500. The molecule has 1 aromatic heterocycles. The van der Waals surface area contributed by atoms with Gasteiger partial charge in [-0.25, -0.2) is 0 Å². The molecular weight excluding hydrogens is 234 g/mol. The van der Waals surface area contributed by atoms with E-state index in [0.29, 0.717) is 6.04 Å². The Bertz CT molecular complexity index is 501. The number of hydrogen-bond acceptors (Lipinski definition) is 2. The summed E-state index contributed by atoms with van der Waals surface area (Å²) >= 11 is 0. The van der Waals surface area contributed by atoms with E-state index in [4.69, 9.17) is 5.73 Å². The highest BCUT2D eigenvalue weighted by molar-refractivity contribution is 5.83. The Balaban J connectivity index is 1.81. The summed E-state index contributed by atoms with van der Waals surface area (Å²) in [7, 11) is 2.19. The quantitative estimate of drug-likeness (QED) is 0.803. The number of aromatic nitrogens is 1. The van der Waals surface area contributed by atoms with Crippen LogP contribution in [0.25, 0.3) is 10.9 Å². The lowest BCUT2D eigenvalue weighted by Gasteiger charge is -2.16. The summed E-state index contributed by atoms with van der Waals surface area (Å²) < 4.78 is 0. The van der Waals surface area contributed by atoms with Crippen molar-refractivity contribution in [2.24, 2.45) is 5.73 Å². The molecule has 0 aliphatic heterocycles. The average molecular weight is 259 g/mol. The normalized spacial score (nSPS) is 13.3. The Morgan fingerprint density at radius 1 is 1.26 bits per heavy atom.